The van der Waals surface area contributed by atoms with Crippen LogP contribution >= 0.6 is 0 Å². The maximum atomic E-state index is 12.5. The second-order valence-corrected chi connectivity index (χ2v) is 6.77. The predicted molar refractivity (Wildman–Crippen MR) is 95.2 cm³/mol. The lowest BCUT2D eigenvalue weighted by atomic mass is 10.1. The molecule has 0 saturated carbocycles. The normalized spacial score (nSPS) is 17.1. The van der Waals surface area contributed by atoms with Crippen LogP contribution in [0.15, 0.2) is 24.5 Å². The van der Waals surface area contributed by atoms with E-state index in [1.165, 1.54) is 0 Å². The van der Waals surface area contributed by atoms with E-state index in [0.29, 0.717) is 29.9 Å². The van der Waals surface area contributed by atoms with Crippen LogP contribution in [0.25, 0.3) is 0 Å². The van der Waals surface area contributed by atoms with Crippen LogP contribution in [-0.2, 0) is 4.79 Å². The highest BCUT2D eigenvalue weighted by molar-refractivity contribution is 5.77. The van der Waals surface area contributed by atoms with Gasteiger partial charge < -0.3 is 10.2 Å². The third-order valence-electron chi connectivity index (χ3n) is 4.16. The summed E-state index contributed by atoms with van der Waals surface area (Å²) < 4.78 is 0. The molecule has 1 aliphatic heterocycles. The molecule has 0 spiro atoms. The number of aromatic nitrogens is 4. The molecule has 0 unspecified atom stereocenters. The lowest BCUT2D eigenvalue weighted by molar-refractivity contribution is -0.133. The van der Waals surface area contributed by atoms with Crippen molar-refractivity contribution in [2.45, 2.75) is 46.1 Å². The van der Waals surface area contributed by atoms with Crippen LogP contribution in [-0.4, -0.2) is 37.3 Å². The third-order valence-corrected chi connectivity index (χ3v) is 4.16. The Kier molecular flexibility index (Phi) is 5.21. The van der Waals surface area contributed by atoms with E-state index < -0.39 is 0 Å². The topological polar surface area (TPSA) is 83.9 Å². The average molecular weight is 340 g/mol. The van der Waals surface area contributed by atoms with Gasteiger partial charge in [-0.05, 0) is 31.7 Å². The molecule has 25 heavy (non-hydrogen) atoms. The number of nitrogens with zero attached hydrogens (tertiary/aromatic N) is 5. The van der Waals surface area contributed by atoms with Crippen molar-refractivity contribution in [3.05, 3.63) is 36.0 Å². The molecule has 1 amide bonds. The fourth-order valence-electron chi connectivity index (χ4n) is 3.14. The van der Waals surface area contributed by atoms with E-state index >= 15 is 0 Å². The Hall–Kier alpha value is -2.57. The second kappa shape index (κ2) is 7.55. The second-order valence-electron chi connectivity index (χ2n) is 6.77. The van der Waals surface area contributed by atoms with Crippen LogP contribution in [0.4, 0.5) is 11.8 Å². The summed E-state index contributed by atoms with van der Waals surface area (Å²) in [5, 5.41) is 3.11. The van der Waals surface area contributed by atoms with Gasteiger partial charge >= 0.3 is 0 Å². The summed E-state index contributed by atoms with van der Waals surface area (Å²) in [6.07, 6.45) is 5.86. The number of carbonyl (C=O) groups is 1. The van der Waals surface area contributed by atoms with E-state index in [-0.39, 0.29) is 11.9 Å². The van der Waals surface area contributed by atoms with Gasteiger partial charge in [-0.1, -0.05) is 13.8 Å². The molecule has 1 aliphatic rings. The van der Waals surface area contributed by atoms with Crippen LogP contribution in [0.2, 0.25) is 0 Å². The zero-order chi connectivity index (χ0) is 17.8. The highest BCUT2D eigenvalue weighted by atomic mass is 16.2. The molecule has 1 N–H and O–H groups in total. The molecule has 0 bridgehead atoms. The van der Waals surface area contributed by atoms with Crippen molar-refractivity contribution in [2.24, 2.45) is 5.92 Å². The Balaban J connectivity index is 1.82. The molecule has 1 fully saturated rings. The molecule has 2 aromatic rings. The number of hydrogen-bond acceptors (Lipinski definition) is 6. The number of hydrogen-bond donors (Lipinski definition) is 1. The standard InChI is InChI=1S/C18H24N6O/c1-12(2)10-17(25)24-9-4-6-15(24)14-11-16(22-13(3)21-14)23-18-19-7-5-8-20-18/h5,7-8,11-12,15H,4,6,9-10H2,1-3H3,(H,19,20,21,22,23)/t15-/m1/s1. The number of likely N-dealkylation sites (tertiary alicyclic amines) is 1. The molecule has 1 saturated heterocycles. The van der Waals surface area contributed by atoms with Crippen molar-refractivity contribution >= 4 is 17.7 Å². The summed E-state index contributed by atoms with van der Waals surface area (Å²) in [5.74, 6) is 2.37. The average Bonchev–Trinajstić information content (AvgIpc) is 3.04. The molecule has 0 radical (unpaired) electrons. The Morgan fingerprint density at radius 2 is 2.08 bits per heavy atom. The molecule has 3 heterocycles. The zero-order valence-electron chi connectivity index (χ0n) is 14.9. The van der Waals surface area contributed by atoms with Crippen molar-refractivity contribution < 1.29 is 4.79 Å². The number of anilines is 2. The van der Waals surface area contributed by atoms with E-state index in [0.717, 1.165) is 25.1 Å². The molecular weight excluding hydrogens is 316 g/mol. The smallest absolute Gasteiger partial charge is 0.228 e. The predicted octanol–water partition coefficient (Wildman–Crippen LogP) is 3.03. The van der Waals surface area contributed by atoms with Gasteiger partial charge in [0, 0.05) is 31.4 Å². The van der Waals surface area contributed by atoms with Gasteiger partial charge in [-0.25, -0.2) is 19.9 Å². The Bertz CT molecular complexity index is 734. The van der Waals surface area contributed by atoms with Gasteiger partial charge in [-0.3, -0.25) is 4.79 Å². The molecular formula is C18H24N6O. The minimum atomic E-state index is 0.0187. The minimum Gasteiger partial charge on any atom is -0.334 e. The van der Waals surface area contributed by atoms with Crippen molar-refractivity contribution in [1.29, 1.82) is 0 Å². The van der Waals surface area contributed by atoms with Crippen molar-refractivity contribution in [3.63, 3.8) is 0 Å². The van der Waals surface area contributed by atoms with Crippen molar-refractivity contribution in [2.75, 3.05) is 11.9 Å². The molecule has 132 valence electrons. The van der Waals surface area contributed by atoms with Gasteiger partial charge in [0.2, 0.25) is 11.9 Å². The van der Waals surface area contributed by atoms with Crippen LogP contribution in [0, 0.1) is 12.8 Å². The summed E-state index contributed by atoms with van der Waals surface area (Å²) in [5.41, 5.74) is 0.875. The fraction of sp³-hybridized carbons (Fsp3) is 0.500. The van der Waals surface area contributed by atoms with Crippen molar-refractivity contribution in [1.82, 2.24) is 24.8 Å². The van der Waals surface area contributed by atoms with Gasteiger partial charge in [-0.15, -0.1) is 0 Å². The highest BCUT2D eigenvalue weighted by Crippen LogP contribution is 2.32. The first-order chi connectivity index (χ1) is 12.0. The Morgan fingerprint density at radius 1 is 1.32 bits per heavy atom. The van der Waals surface area contributed by atoms with Crippen LogP contribution in [0.5, 0.6) is 0 Å². The first-order valence-corrected chi connectivity index (χ1v) is 8.72. The first-order valence-electron chi connectivity index (χ1n) is 8.72. The maximum absolute atomic E-state index is 12.5. The number of nitrogens with one attached hydrogen (secondary N) is 1. The number of amides is 1. The largest absolute Gasteiger partial charge is 0.334 e. The van der Waals surface area contributed by atoms with E-state index in [1.54, 1.807) is 18.5 Å². The molecule has 7 heteroatoms. The SMILES string of the molecule is Cc1nc(Nc2ncccn2)cc([C@H]2CCCN2C(=O)CC(C)C)n1. The quantitative estimate of drug-likeness (QED) is 0.900. The fourth-order valence-corrected chi connectivity index (χ4v) is 3.14. The molecule has 7 nitrogen and oxygen atoms in total. The first kappa shape index (κ1) is 17.3. The monoisotopic (exact) mass is 340 g/mol. The van der Waals surface area contributed by atoms with E-state index in [1.807, 2.05) is 17.9 Å². The molecule has 1 atom stereocenters. The number of aryl methyl sites for hydroxylation is 1. The Morgan fingerprint density at radius 3 is 2.80 bits per heavy atom. The summed E-state index contributed by atoms with van der Waals surface area (Å²) in [4.78, 5) is 31.8. The van der Waals surface area contributed by atoms with Gasteiger partial charge in [0.15, 0.2) is 0 Å². The number of carbonyl (C=O) groups excluding carboxylic acids is 1. The summed E-state index contributed by atoms with van der Waals surface area (Å²) in [6.45, 7) is 6.79. The van der Waals surface area contributed by atoms with Gasteiger partial charge in [0.25, 0.3) is 0 Å². The summed E-state index contributed by atoms with van der Waals surface area (Å²) >= 11 is 0. The lowest BCUT2D eigenvalue weighted by Gasteiger charge is -2.25. The van der Waals surface area contributed by atoms with E-state index in [9.17, 15) is 4.79 Å². The van der Waals surface area contributed by atoms with E-state index in [4.69, 9.17) is 0 Å². The minimum absolute atomic E-state index is 0.0187. The summed E-state index contributed by atoms with van der Waals surface area (Å²) in [7, 11) is 0. The van der Waals surface area contributed by atoms with Crippen molar-refractivity contribution in [3.8, 4) is 0 Å². The molecule has 0 aliphatic carbocycles. The molecule has 2 aromatic heterocycles. The number of rotatable bonds is 5. The van der Waals surface area contributed by atoms with E-state index in [2.05, 4.69) is 39.1 Å². The maximum Gasteiger partial charge on any atom is 0.228 e. The van der Waals surface area contributed by atoms with Gasteiger partial charge in [0.05, 0.1) is 11.7 Å². The van der Waals surface area contributed by atoms with Crippen LogP contribution < -0.4 is 5.32 Å². The lowest BCUT2D eigenvalue weighted by Crippen LogP contribution is -2.31. The third kappa shape index (κ3) is 4.29. The van der Waals surface area contributed by atoms with Crippen LogP contribution in [0.3, 0.4) is 0 Å². The molecule has 3 rings (SSSR count). The molecule has 0 aromatic carbocycles. The van der Waals surface area contributed by atoms with Gasteiger partial charge in [0.1, 0.15) is 11.6 Å². The Labute approximate surface area is 147 Å². The summed E-state index contributed by atoms with van der Waals surface area (Å²) in [6, 6.07) is 3.68. The highest BCUT2D eigenvalue weighted by Gasteiger charge is 2.31. The zero-order valence-corrected chi connectivity index (χ0v) is 14.9. The van der Waals surface area contributed by atoms with Crippen LogP contribution in [0.1, 0.15) is 50.7 Å². The van der Waals surface area contributed by atoms with Gasteiger partial charge in [-0.2, -0.15) is 0 Å².